The van der Waals surface area contributed by atoms with E-state index in [0.29, 0.717) is 6.54 Å². The van der Waals surface area contributed by atoms with Crippen LogP contribution in [0.3, 0.4) is 0 Å². The van der Waals surface area contributed by atoms with Gasteiger partial charge in [0.25, 0.3) is 0 Å². The maximum absolute atomic E-state index is 10.6. The Kier molecular flexibility index (Phi) is 3.28. The molecule has 1 rings (SSSR count). The van der Waals surface area contributed by atoms with Gasteiger partial charge >= 0.3 is 5.97 Å². The molecular formula is C7H11N3O2. The number of methoxy groups -OCH3 is 1. The summed E-state index contributed by atoms with van der Waals surface area (Å²) in [6.07, 6.45) is 3.29. The van der Waals surface area contributed by atoms with Crippen LogP contribution in [0, 0.1) is 0 Å². The molecule has 5 nitrogen and oxygen atoms in total. The molecule has 0 amide bonds. The SMILES string of the molecule is COC(=O)CNCc1cnc[nH]1. The second kappa shape index (κ2) is 4.50. The molecule has 1 heterocycles. The second-order valence-corrected chi connectivity index (χ2v) is 2.26. The van der Waals surface area contributed by atoms with Crippen molar-refractivity contribution in [3.05, 3.63) is 18.2 Å². The van der Waals surface area contributed by atoms with E-state index in [-0.39, 0.29) is 12.5 Å². The molecule has 5 heteroatoms. The van der Waals surface area contributed by atoms with Crippen molar-refractivity contribution >= 4 is 5.97 Å². The van der Waals surface area contributed by atoms with E-state index in [2.05, 4.69) is 20.0 Å². The first kappa shape index (κ1) is 8.73. The fraction of sp³-hybridized carbons (Fsp3) is 0.429. The van der Waals surface area contributed by atoms with Gasteiger partial charge < -0.3 is 15.0 Å². The summed E-state index contributed by atoms with van der Waals surface area (Å²) in [6.45, 7) is 0.810. The van der Waals surface area contributed by atoms with Gasteiger partial charge in [0.2, 0.25) is 0 Å². The lowest BCUT2D eigenvalue weighted by Gasteiger charge is -2.00. The normalized spacial score (nSPS) is 9.75. The third kappa shape index (κ3) is 2.71. The summed E-state index contributed by atoms with van der Waals surface area (Å²) in [5, 5.41) is 2.89. The summed E-state index contributed by atoms with van der Waals surface area (Å²) < 4.78 is 4.44. The number of aromatic nitrogens is 2. The molecule has 66 valence electrons. The molecule has 0 aliphatic carbocycles. The van der Waals surface area contributed by atoms with E-state index < -0.39 is 0 Å². The highest BCUT2D eigenvalue weighted by Crippen LogP contribution is 1.88. The van der Waals surface area contributed by atoms with Gasteiger partial charge in [-0.3, -0.25) is 4.79 Å². The average Bonchev–Trinajstić information content (AvgIpc) is 2.57. The molecule has 1 aromatic heterocycles. The predicted molar refractivity (Wildman–Crippen MR) is 42.3 cm³/mol. The minimum absolute atomic E-state index is 0.218. The summed E-state index contributed by atoms with van der Waals surface area (Å²) in [5.41, 5.74) is 0.943. The number of H-pyrrole nitrogens is 1. The van der Waals surface area contributed by atoms with Crippen molar-refractivity contribution in [2.45, 2.75) is 6.54 Å². The van der Waals surface area contributed by atoms with Gasteiger partial charge in [0.05, 0.1) is 20.0 Å². The molecule has 0 fully saturated rings. The van der Waals surface area contributed by atoms with Crippen LogP contribution >= 0.6 is 0 Å². The monoisotopic (exact) mass is 169 g/mol. The fourth-order valence-corrected chi connectivity index (χ4v) is 0.753. The number of aromatic amines is 1. The van der Waals surface area contributed by atoms with Crippen LogP contribution in [0.2, 0.25) is 0 Å². The molecule has 0 spiro atoms. The highest BCUT2D eigenvalue weighted by molar-refractivity contribution is 5.71. The minimum atomic E-state index is -0.269. The van der Waals surface area contributed by atoms with Crippen molar-refractivity contribution in [1.29, 1.82) is 0 Å². The van der Waals surface area contributed by atoms with E-state index in [0.717, 1.165) is 5.69 Å². The topological polar surface area (TPSA) is 67.0 Å². The van der Waals surface area contributed by atoms with E-state index in [1.165, 1.54) is 7.11 Å². The maximum Gasteiger partial charge on any atom is 0.319 e. The van der Waals surface area contributed by atoms with Gasteiger partial charge in [-0.15, -0.1) is 0 Å². The molecule has 0 aliphatic heterocycles. The van der Waals surface area contributed by atoms with Crippen molar-refractivity contribution in [2.24, 2.45) is 0 Å². The molecular weight excluding hydrogens is 158 g/mol. The Morgan fingerprint density at radius 1 is 1.83 bits per heavy atom. The fourth-order valence-electron chi connectivity index (χ4n) is 0.753. The van der Waals surface area contributed by atoms with Crippen molar-refractivity contribution in [2.75, 3.05) is 13.7 Å². The molecule has 0 radical (unpaired) electrons. The largest absolute Gasteiger partial charge is 0.468 e. The molecule has 0 bridgehead atoms. The van der Waals surface area contributed by atoms with Gasteiger partial charge in [-0.2, -0.15) is 0 Å². The van der Waals surface area contributed by atoms with Crippen LogP contribution in [0.25, 0.3) is 0 Å². The minimum Gasteiger partial charge on any atom is -0.468 e. The first-order valence-corrected chi connectivity index (χ1v) is 3.57. The van der Waals surface area contributed by atoms with Gasteiger partial charge in [-0.1, -0.05) is 0 Å². The summed E-state index contributed by atoms with van der Waals surface area (Å²) in [7, 11) is 1.36. The predicted octanol–water partition coefficient (Wildman–Crippen LogP) is -0.328. The summed E-state index contributed by atoms with van der Waals surface area (Å²) >= 11 is 0. The Balaban J connectivity index is 2.15. The standard InChI is InChI=1S/C7H11N3O2/c1-12-7(11)4-8-2-6-3-9-5-10-6/h3,5,8H,2,4H2,1H3,(H,9,10). The van der Waals surface area contributed by atoms with Gasteiger partial charge in [-0.25, -0.2) is 4.98 Å². The highest BCUT2D eigenvalue weighted by Gasteiger charge is 1.98. The van der Waals surface area contributed by atoms with Crippen molar-refractivity contribution in [3.63, 3.8) is 0 Å². The molecule has 0 unspecified atom stereocenters. The number of hydrogen-bond donors (Lipinski definition) is 2. The molecule has 1 aromatic rings. The first-order chi connectivity index (χ1) is 5.83. The second-order valence-electron chi connectivity index (χ2n) is 2.26. The van der Waals surface area contributed by atoms with Crippen LogP contribution in [0.4, 0.5) is 0 Å². The van der Waals surface area contributed by atoms with E-state index in [9.17, 15) is 4.79 Å². The van der Waals surface area contributed by atoms with Gasteiger partial charge in [-0.05, 0) is 0 Å². The zero-order valence-corrected chi connectivity index (χ0v) is 6.83. The molecule has 0 aliphatic rings. The Hall–Kier alpha value is -1.36. The number of nitrogens with zero attached hydrogens (tertiary/aromatic N) is 1. The number of hydrogen-bond acceptors (Lipinski definition) is 4. The van der Waals surface area contributed by atoms with Crippen molar-refractivity contribution in [1.82, 2.24) is 15.3 Å². The Morgan fingerprint density at radius 2 is 2.67 bits per heavy atom. The van der Waals surface area contributed by atoms with Gasteiger partial charge in [0, 0.05) is 18.4 Å². The van der Waals surface area contributed by atoms with Crippen molar-refractivity contribution in [3.8, 4) is 0 Å². The molecule has 0 saturated carbocycles. The van der Waals surface area contributed by atoms with Crippen LogP contribution < -0.4 is 5.32 Å². The lowest BCUT2D eigenvalue weighted by molar-refractivity contribution is -0.139. The lowest BCUT2D eigenvalue weighted by atomic mass is 10.4. The molecule has 2 N–H and O–H groups in total. The third-order valence-corrected chi connectivity index (χ3v) is 1.37. The van der Waals surface area contributed by atoms with Crippen LogP contribution in [-0.4, -0.2) is 29.6 Å². The average molecular weight is 169 g/mol. The number of esters is 1. The van der Waals surface area contributed by atoms with E-state index in [1.807, 2.05) is 0 Å². The Bertz CT molecular complexity index is 233. The number of nitrogens with one attached hydrogen (secondary N) is 2. The zero-order chi connectivity index (χ0) is 8.81. The summed E-state index contributed by atoms with van der Waals surface area (Å²) in [4.78, 5) is 17.4. The van der Waals surface area contributed by atoms with E-state index in [1.54, 1.807) is 12.5 Å². The number of rotatable bonds is 4. The van der Waals surface area contributed by atoms with Gasteiger partial charge in [0.15, 0.2) is 0 Å². The van der Waals surface area contributed by atoms with Crippen LogP contribution in [0.1, 0.15) is 5.69 Å². The lowest BCUT2D eigenvalue weighted by Crippen LogP contribution is -2.23. The van der Waals surface area contributed by atoms with Gasteiger partial charge in [0.1, 0.15) is 0 Å². The highest BCUT2D eigenvalue weighted by atomic mass is 16.5. The summed E-state index contributed by atoms with van der Waals surface area (Å²) in [6, 6.07) is 0. The Morgan fingerprint density at radius 3 is 3.25 bits per heavy atom. The molecule has 0 saturated heterocycles. The van der Waals surface area contributed by atoms with Crippen LogP contribution in [0.5, 0.6) is 0 Å². The molecule has 12 heavy (non-hydrogen) atoms. The van der Waals surface area contributed by atoms with Crippen LogP contribution in [-0.2, 0) is 16.1 Å². The summed E-state index contributed by atoms with van der Waals surface area (Å²) in [5.74, 6) is -0.269. The number of carbonyl (C=O) groups excluding carboxylic acids is 1. The van der Waals surface area contributed by atoms with E-state index >= 15 is 0 Å². The molecule has 0 atom stereocenters. The smallest absolute Gasteiger partial charge is 0.319 e. The van der Waals surface area contributed by atoms with Crippen LogP contribution in [0.15, 0.2) is 12.5 Å². The third-order valence-electron chi connectivity index (χ3n) is 1.37. The number of imidazole rings is 1. The van der Waals surface area contributed by atoms with E-state index in [4.69, 9.17) is 0 Å². The zero-order valence-electron chi connectivity index (χ0n) is 6.83. The van der Waals surface area contributed by atoms with Crippen molar-refractivity contribution < 1.29 is 9.53 Å². The Labute approximate surface area is 70.1 Å². The first-order valence-electron chi connectivity index (χ1n) is 3.57. The molecule has 0 aromatic carbocycles. The number of ether oxygens (including phenoxy) is 1. The maximum atomic E-state index is 10.6. The quantitative estimate of drug-likeness (QED) is 0.606. The number of carbonyl (C=O) groups is 1.